The van der Waals surface area contributed by atoms with Gasteiger partial charge >= 0.3 is 0 Å². The Balaban J connectivity index is 1.99. The highest BCUT2D eigenvalue weighted by Gasteiger charge is 2.11. The first-order chi connectivity index (χ1) is 9.04. The van der Waals surface area contributed by atoms with E-state index in [4.69, 9.17) is 0 Å². The lowest BCUT2D eigenvalue weighted by Crippen LogP contribution is -2.44. The molecule has 0 amide bonds. The number of anilines is 1. The van der Waals surface area contributed by atoms with Crippen LogP contribution in [0.1, 0.15) is 5.56 Å². The van der Waals surface area contributed by atoms with Crippen molar-refractivity contribution in [2.75, 3.05) is 43.7 Å². The monoisotopic (exact) mass is 283 g/mol. The molecule has 2 rings (SSSR count). The zero-order valence-corrected chi connectivity index (χ0v) is 12.0. The summed E-state index contributed by atoms with van der Waals surface area (Å²) < 4.78 is 25.2. The summed E-state index contributed by atoms with van der Waals surface area (Å²) in [5, 5.41) is 3.32. The van der Waals surface area contributed by atoms with Crippen LogP contribution in [0.25, 0.3) is 0 Å². The van der Waals surface area contributed by atoms with Gasteiger partial charge in [0, 0.05) is 32.7 Å². The number of hydrogen-bond donors (Lipinski definition) is 2. The van der Waals surface area contributed by atoms with Crippen LogP contribution in [-0.2, 0) is 16.4 Å². The van der Waals surface area contributed by atoms with Crippen LogP contribution in [0.2, 0.25) is 0 Å². The molecule has 0 aliphatic carbocycles. The summed E-state index contributed by atoms with van der Waals surface area (Å²) in [5.41, 5.74) is 1.74. The van der Waals surface area contributed by atoms with Gasteiger partial charge in [-0.05, 0) is 18.1 Å². The molecule has 0 saturated carbocycles. The van der Waals surface area contributed by atoms with Gasteiger partial charge in [0.15, 0.2) is 0 Å². The van der Waals surface area contributed by atoms with Gasteiger partial charge in [0.05, 0.1) is 11.9 Å². The number of piperazine rings is 1. The van der Waals surface area contributed by atoms with Gasteiger partial charge in [0.25, 0.3) is 0 Å². The molecule has 19 heavy (non-hydrogen) atoms. The SMILES string of the molecule is CS(=O)(=O)Nc1ccccc1CCN1CCNCC1. The van der Waals surface area contributed by atoms with Crippen molar-refractivity contribution in [3.63, 3.8) is 0 Å². The maximum atomic E-state index is 11.3. The van der Waals surface area contributed by atoms with E-state index >= 15 is 0 Å². The first-order valence-corrected chi connectivity index (χ1v) is 8.42. The third kappa shape index (κ3) is 4.81. The van der Waals surface area contributed by atoms with Crippen LogP contribution in [0.4, 0.5) is 5.69 Å². The van der Waals surface area contributed by atoms with Gasteiger partial charge in [0.1, 0.15) is 0 Å². The van der Waals surface area contributed by atoms with Crippen LogP contribution in [-0.4, -0.2) is 52.3 Å². The maximum Gasteiger partial charge on any atom is 0.229 e. The molecule has 2 N–H and O–H groups in total. The Bertz CT molecular complexity index is 510. The second-order valence-corrected chi connectivity index (χ2v) is 6.62. The van der Waals surface area contributed by atoms with Crippen LogP contribution in [0.3, 0.4) is 0 Å². The Morgan fingerprint density at radius 1 is 1.26 bits per heavy atom. The smallest absolute Gasteiger partial charge is 0.229 e. The number of sulfonamides is 1. The van der Waals surface area contributed by atoms with Crippen molar-refractivity contribution in [3.8, 4) is 0 Å². The molecule has 0 atom stereocenters. The normalized spacial score (nSPS) is 17.3. The number of benzene rings is 1. The lowest BCUT2D eigenvalue weighted by molar-refractivity contribution is 0.244. The van der Waals surface area contributed by atoms with E-state index in [9.17, 15) is 8.42 Å². The van der Waals surface area contributed by atoms with Gasteiger partial charge in [-0.3, -0.25) is 4.72 Å². The van der Waals surface area contributed by atoms with E-state index in [-0.39, 0.29) is 0 Å². The van der Waals surface area contributed by atoms with E-state index in [1.54, 1.807) is 0 Å². The molecular weight excluding hydrogens is 262 g/mol. The molecule has 1 aromatic carbocycles. The largest absolute Gasteiger partial charge is 0.314 e. The third-order valence-corrected chi connectivity index (χ3v) is 3.81. The van der Waals surface area contributed by atoms with Gasteiger partial charge < -0.3 is 10.2 Å². The molecule has 6 heteroatoms. The lowest BCUT2D eigenvalue weighted by atomic mass is 10.1. The summed E-state index contributed by atoms with van der Waals surface area (Å²) in [5.74, 6) is 0. The molecule has 1 saturated heterocycles. The highest BCUT2D eigenvalue weighted by atomic mass is 32.2. The van der Waals surface area contributed by atoms with Gasteiger partial charge in [-0.2, -0.15) is 0 Å². The van der Waals surface area contributed by atoms with Crippen molar-refractivity contribution >= 4 is 15.7 Å². The molecule has 1 heterocycles. The summed E-state index contributed by atoms with van der Waals surface area (Å²) in [7, 11) is -3.22. The van der Waals surface area contributed by atoms with Crippen molar-refractivity contribution in [1.29, 1.82) is 0 Å². The van der Waals surface area contributed by atoms with Gasteiger partial charge in [0.2, 0.25) is 10.0 Å². The van der Waals surface area contributed by atoms with E-state index in [2.05, 4.69) is 14.9 Å². The fourth-order valence-electron chi connectivity index (χ4n) is 2.25. The zero-order chi connectivity index (χ0) is 13.7. The number of nitrogens with one attached hydrogen (secondary N) is 2. The Kier molecular flexibility index (Phi) is 4.79. The van der Waals surface area contributed by atoms with E-state index in [0.717, 1.165) is 44.7 Å². The molecule has 5 nitrogen and oxygen atoms in total. The molecule has 1 aliphatic rings. The standard InChI is InChI=1S/C13H21N3O2S/c1-19(17,18)15-13-5-3-2-4-12(13)6-9-16-10-7-14-8-11-16/h2-5,14-15H,6-11H2,1H3. The minimum Gasteiger partial charge on any atom is -0.314 e. The van der Waals surface area contributed by atoms with Gasteiger partial charge in [-0.1, -0.05) is 18.2 Å². The lowest BCUT2D eigenvalue weighted by Gasteiger charge is -2.27. The minimum atomic E-state index is -3.22. The summed E-state index contributed by atoms with van der Waals surface area (Å²) in [6, 6.07) is 7.59. The predicted octanol–water partition coefficient (Wildman–Crippen LogP) is 0.506. The van der Waals surface area contributed by atoms with Crippen LogP contribution in [0.15, 0.2) is 24.3 Å². The molecule has 0 bridgehead atoms. The van der Waals surface area contributed by atoms with E-state index < -0.39 is 10.0 Å². The maximum absolute atomic E-state index is 11.3. The van der Waals surface area contributed by atoms with Gasteiger partial charge in [-0.15, -0.1) is 0 Å². The average molecular weight is 283 g/mol. The minimum absolute atomic E-state index is 0.695. The van der Waals surface area contributed by atoms with Crippen molar-refractivity contribution < 1.29 is 8.42 Å². The summed E-state index contributed by atoms with van der Waals surface area (Å²) >= 11 is 0. The molecule has 0 radical (unpaired) electrons. The molecule has 1 aliphatic heterocycles. The first kappa shape index (κ1) is 14.3. The zero-order valence-electron chi connectivity index (χ0n) is 11.2. The van der Waals surface area contributed by atoms with Crippen molar-refractivity contribution in [2.45, 2.75) is 6.42 Å². The first-order valence-electron chi connectivity index (χ1n) is 6.53. The molecule has 1 fully saturated rings. The molecule has 0 aromatic heterocycles. The number of rotatable bonds is 5. The Labute approximate surface area is 115 Å². The quantitative estimate of drug-likeness (QED) is 0.826. The van der Waals surface area contributed by atoms with Crippen LogP contribution < -0.4 is 10.0 Å². The summed E-state index contributed by atoms with van der Waals surface area (Å²) in [6.07, 6.45) is 2.04. The summed E-state index contributed by atoms with van der Waals surface area (Å²) in [4.78, 5) is 2.40. The number of para-hydroxylation sites is 1. The Hall–Kier alpha value is -1.11. The fourth-order valence-corrected chi connectivity index (χ4v) is 2.85. The topological polar surface area (TPSA) is 61.4 Å². The second kappa shape index (κ2) is 6.36. The Morgan fingerprint density at radius 3 is 2.63 bits per heavy atom. The molecular formula is C13H21N3O2S. The highest BCUT2D eigenvalue weighted by Crippen LogP contribution is 2.17. The van der Waals surface area contributed by atoms with Crippen molar-refractivity contribution in [3.05, 3.63) is 29.8 Å². The number of nitrogens with zero attached hydrogens (tertiary/aromatic N) is 1. The molecule has 1 aromatic rings. The van der Waals surface area contributed by atoms with Crippen molar-refractivity contribution in [1.82, 2.24) is 10.2 Å². The van der Waals surface area contributed by atoms with Gasteiger partial charge in [-0.25, -0.2) is 8.42 Å². The van der Waals surface area contributed by atoms with Crippen LogP contribution in [0.5, 0.6) is 0 Å². The van der Waals surface area contributed by atoms with Crippen LogP contribution in [0, 0.1) is 0 Å². The predicted molar refractivity (Wildman–Crippen MR) is 77.9 cm³/mol. The van der Waals surface area contributed by atoms with E-state index in [1.165, 1.54) is 6.26 Å². The third-order valence-electron chi connectivity index (χ3n) is 3.22. The average Bonchev–Trinajstić information content (AvgIpc) is 2.37. The van der Waals surface area contributed by atoms with Crippen LogP contribution >= 0.6 is 0 Å². The molecule has 0 unspecified atom stereocenters. The molecule has 0 spiro atoms. The second-order valence-electron chi connectivity index (χ2n) is 4.87. The Morgan fingerprint density at radius 2 is 1.95 bits per heavy atom. The number of hydrogen-bond acceptors (Lipinski definition) is 4. The van der Waals surface area contributed by atoms with E-state index in [1.807, 2.05) is 24.3 Å². The molecule has 106 valence electrons. The van der Waals surface area contributed by atoms with Crippen molar-refractivity contribution in [2.24, 2.45) is 0 Å². The fraction of sp³-hybridized carbons (Fsp3) is 0.538. The summed E-state index contributed by atoms with van der Waals surface area (Å²) in [6.45, 7) is 5.14. The highest BCUT2D eigenvalue weighted by molar-refractivity contribution is 7.92. The van der Waals surface area contributed by atoms with E-state index in [0.29, 0.717) is 5.69 Å².